The van der Waals surface area contributed by atoms with Crippen LogP contribution in [0, 0.1) is 5.41 Å². The number of anilines is 1. The monoisotopic (exact) mass is 465 g/mol. The highest BCUT2D eigenvalue weighted by atomic mass is 16.5. The Hall–Kier alpha value is -2.86. The number of rotatable bonds is 8. The molecule has 1 aliphatic carbocycles. The lowest BCUT2D eigenvalue weighted by Crippen LogP contribution is -2.52. The van der Waals surface area contributed by atoms with E-state index in [1.807, 2.05) is 53.4 Å². The van der Waals surface area contributed by atoms with Gasteiger partial charge in [-0.05, 0) is 53.6 Å². The number of carbonyl (C=O) groups is 2. The molecule has 2 amide bonds. The molecule has 2 aromatic carbocycles. The van der Waals surface area contributed by atoms with Gasteiger partial charge in [-0.3, -0.25) is 9.59 Å². The van der Waals surface area contributed by atoms with Crippen LogP contribution in [0.25, 0.3) is 0 Å². The standard InChI is InChI=1S/C28H39N3O3/c1-28(2,3)18-27(33)31(25-8-6-5-7-24(25)29)19-21-9-13-22(14-10-21)30-26(32)17-20-11-15-23(34-4)16-12-20/h9-16,24-25H,5-8,17-19,29H2,1-4H3,(H,30,32). The van der Waals surface area contributed by atoms with E-state index in [0.717, 1.165) is 48.2 Å². The van der Waals surface area contributed by atoms with E-state index in [2.05, 4.69) is 26.1 Å². The number of nitrogens with two attached hydrogens (primary N) is 1. The van der Waals surface area contributed by atoms with E-state index >= 15 is 0 Å². The normalized spacial score (nSPS) is 18.3. The molecular formula is C28H39N3O3. The van der Waals surface area contributed by atoms with Crippen molar-refractivity contribution in [1.82, 2.24) is 4.90 Å². The van der Waals surface area contributed by atoms with Crippen molar-refractivity contribution in [1.29, 1.82) is 0 Å². The van der Waals surface area contributed by atoms with Crippen LogP contribution in [0.15, 0.2) is 48.5 Å². The van der Waals surface area contributed by atoms with Gasteiger partial charge in [-0.25, -0.2) is 0 Å². The first-order valence-electron chi connectivity index (χ1n) is 12.2. The molecule has 3 rings (SSSR count). The molecule has 3 N–H and O–H groups in total. The molecule has 1 saturated carbocycles. The zero-order valence-electron chi connectivity index (χ0n) is 21.0. The molecule has 0 aromatic heterocycles. The van der Waals surface area contributed by atoms with Crippen molar-refractivity contribution >= 4 is 17.5 Å². The number of benzene rings is 2. The van der Waals surface area contributed by atoms with Crippen LogP contribution in [0.3, 0.4) is 0 Å². The number of hydrogen-bond acceptors (Lipinski definition) is 4. The second-order valence-corrected chi connectivity index (χ2v) is 10.5. The molecule has 0 spiro atoms. The molecule has 6 nitrogen and oxygen atoms in total. The number of nitrogens with one attached hydrogen (secondary N) is 1. The Morgan fingerprint density at radius 2 is 1.62 bits per heavy atom. The van der Waals surface area contributed by atoms with E-state index < -0.39 is 0 Å². The summed E-state index contributed by atoms with van der Waals surface area (Å²) in [5.74, 6) is 0.851. The van der Waals surface area contributed by atoms with Gasteiger partial charge in [0.05, 0.1) is 13.5 Å². The predicted octanol–water partition coefficient (Wildman–Crippen LogP) is 4.91. The zero-order valence-corrected chi connectivity index (χ0v) is 21.0. The number of ether oxygens (including phenoxy) is 1. The van der Waals surface area contributed by atoms with E-state index in [9.17, 15) is 9.59 Å². The first kappa shape index (κ1) is 25.8. The van der Waals surface area contributed by atoms with Gasteiger partial charge in [-0.1, -0.05) is 57.9 Å². The maximum atomic E-state index is 13.2. The lowest BCUT2D eigenvalue weighted by Gasteiger charge is -2.39. The minimum absolute atomic E-state index is 0.0224. The summed E-state index contributed by atoms with van der Waals surface area (Å²) in [6, 6.07) is 15.3. The number of hydrogen-bond donors (Lipinski definition) is 2. The van der Waals surface area contributed by atoms with Crippen molar-refractivity contribution in [3.05, 3.63) is 59.7 Å². The topological polar surface area (TPSA) is 84.7 Å². The van der Waals surface area contributed by atoms with Crippen LogP contribution in [0.2, 0.25) is 0 Å². The van der Waals surface area contributed by atoms with Gasteiger partial charge in [0.1, 0.15) is 5.75 Å². The molecule has 0 aliphatic heterocycles. The average molecular weight is 466 g/mol. The summed E-state index contributed by atoms with van der Waals surface area (Å²) >= 11 is 0. The largest absolute Gasteiger partial charge is 0.497 e. The summed E-state index contributed by atoms with van der Waals surface area (Å²) in [7, 11) is 1.62. The molecule has 0 saturated heterocycles. The summed E-state index contributed by atoms with van der Waals surface area (Å²) in [6.07, 6.45) is 4.94. The van der Waals surface area contributed by atoms with Crippen LogP contribution in [0.5, 0.6) is 5.75 Å². The third-order valence-electron chi connectivity index (χ3n) is 6.30. The maximum absolute atomic E-state index is 13.2. The van der Waals surface area contributed by atoms with E-state index in [1.54, 1.807) is 7.11 Å². The van der Waals surface area contributed by atoms with Crippen LogP contribution in [-0.2, 0) is 22.6 Å². The van der Waals surface area contributed by atoms with Crippen molar-refractivity contribution in [2.75, 3.05) is 12.4 Å². The average Bonchev–Trinajstić information content (AvgIpc) is 2.78. The van der Waals surface area contributed by atoms with Crippen molar-refractivity contribution < 1.29 is 14.3 Å². The molecule has 1 aliphatic rings. The lowest BCUT2D eigenvalue weighted by molar-refractivity contribution is -0.137. The molecule has 34 heavy (non-hydrogen) atoms. The van der Waals surface area contributed by atoms with Gasteiger partial charge < -0.3 is 20.7 Å². The Kier molecular flexibility index (Phi) is 8.72. The Labute approximate surface area is 203 Å². The molecule has 184 valence electrons. The highest BCUT2D eigenvalue weighted by Crippen LogP contribution is 2.28. The summed E-state index contributed by atoms with van der Waals surface area (Å²) in [5.41, 5.74) is 9.07. The van der Waals surface area contributed by atoms with Gasteiger partial charge in [-0.15, -0.1) is 0 Å². The van der Waals surface area contributed by atoms with Crippen LogP contribution < -0.4 is 15.8 Å². The van der Waals surface area contributed by atoms with E-state index in [4.69, 9.17) is 10.5 Å². The van der Waals surface area contributed by atoms with Gasteiger partial charge in [0.25, 0.3) is 0 Å². The van der Waals surface area contributed by atoms with E-state index in [0.29, 0.717) is 19.4 Å². The second-order valence-electron chi connectivity index (χ2n) is 10.5. The smallest absolute Gasteiger partial charge is 0.228 e. The minimum atomic E-state index is -0.0773. The number of amides is 2. The molecular weight excluding hydrogens is 426 g/mol. The Morgan fingerprint density at radius 1 is 1.00 bits per heavy atom. The fourth-order valence-electron chi connectivity index (χ4n) is 4.50. The Morgan fingerprint density at radius 3 is 2.21 bits per heavy atom. The summed E-state index contributed by atoms with van der Waals surface area (Å²) in [4.78, 5) is 27.7. The molecule has 1 fully saturated rings. The van der Waals surface area contributed by atoms with Crippen LogP contribution >= 0.6 is 0 Å². The highest BCUT2D eigenvalue weighted by molar-refractivity contribution is 5.92. The summed E-state index contributed by atoms with van der Waals surface area (Å²) in [6.45, 7) is 6.81. The van der Waals surface area contributed by atoms with Gasteiger partial charge in [0.15, 0.2) is 0 Å². The Bertz CT molecular complexity index is 948. The summed E-state index contributed by atoms with van der Waals surface area (Å²) in [5, 5.41) is 2.95. The van der Waals surface area contributed by atoms with Gasteiger partial charge >= 0.3 is 0 Å². The molecule has 6 heteroatoms. The SMILES string of the molecule is COc1ccc(CC(=O)Nc2ccc(CN(C(=O)CC(C)(C)C)C3CCCCC3N)cc2)cc1. The van der Waals surface area contributed by atoms with Crippen LogP contribution in [-0.4, -0.2) is 35.9 Å². The number of carbonyl (C=O) groups excluding carboxylic acids is 2. The van der Waals surface area contributed by atoms with Gasteiger partial charge in [0, 0.05) is 30.7 Å². The second kappa shape index (κ2) is 11.5. The molecule has 0 heterocycles. The highest BCUT2D eigenvalue weighted by Gasteiger charge is 2.32. The van der Waals surface area contributed by atoms with Gasteiger partial charge in [-0.2, -0.15) is 0 Å². The quantitative estimate of drug-likeness (QED) is 0.580. The molecule has 0 radical (unpaired) electrons. The Balaban J connectivity index is 1.64. The van der Waals surface area contributed by atoms with Crippen molar-refractivity contribution in [3.63, 3.8) is 0 Å². The zero-order chi connectivity index (χ0) is 24.7. The fourth-order valence-corrected chi connectivity index (χ4v) is 4.50. The van der Waals surface area contributed by atoms with Crippen LogP contribution in [0.1, 0.15) is 64.0 Å². The third kappa shape index (κ3) is 7.59. The first-order chi connectivity index (χ1) is 16.1. The predicted molar refractivity (Wildman–Crippen MR) is 137 cm³/mol. The fraction of sp³-hybridized carbons (Fsp3) is 0.500. The van der Waals surface area contributed by atoms with Crippen molar-refractivity contribution in [3.8, 4) is 5.75 Å². The molecule has 2 unspecified atom stereocenters. The molecule has 0 bridgehead atoms. The van der Waals surface area contributed by atoms with Gasteiger partial charge in [0.2, 0.25) is 11.8 Å². The number of methoxy groups -OCH3 is 1. The maximum Gasteiger partial charge on any atom is 0.228 e. The van der Waals surface area contributed by atoms with E-state index in [-0.39, 0.29) is 29.3 Å². The van der Waals surface area contributed by atoms with Crippen molar-refractivity contribution in [2.24, 2.45) is 11.1 Å². The first-order valence-corrected chi connectivity index (χ1v) is 12.2. The van der Waals surface area contributed by atoms with Crippen molar-refractivity contribution in [2.45, 2.75) is 77.9 Å². The lowest BCUT2D eigenvalue weighted by atomic mass is 9.87. The van der Waals surface area contributed by atoms with E-state index in [1.165, 1.54) is 0 Å². The number of nitrogens with zero attached hydrogens (tertiary/aromatic N) is 1. The molecule has 2 atom stereocenters. The minimum Gasteiger partial charge on any atom is -0.497 e. The summed E-state index contributed by atoms with van der Waals surface area (Å²) < 4.78 is 5.16. The third-order valence-corrected chi connectivity index (χ3v) is 6.30. The van der Waals surface area contributed by atoms with Crippen LogP contribution in [0.4, 0.5) is 5.69 Å². The molecule has 2 aromatic rings.